The van der Waals surface area contributed by atoms with Gasteiger partial charge in [-0.2, -0.15) is 0 Å². The molecule has 0 bridgehead atoms. The Morgan fingerprint density at radius 3 is 1.24 bits per heavy atom. The third-order valence-electron chi connectivity index (χ3n) is 7.12. The molecule has 0 spiro atoms. The molecule has 0 radical (unpaired) electrons. The first-order valence-corrected chi connectivity index (χ1v) is 15.8. The van der Waals surface area contributed by atoms with Gasteiger partial charge in [-0.3, -0.25) is 29.4 Å². The molecule has 0 aromatic rings. The van der Waals surface area contributed by atoms with E-state index in [0.29, 0.717) is 58.8 Å². The molecule has 0 heterocycles. The molecule has 0 amide bonds. The summed E-state index contributed by atoms with van der Waals surface area (Å²) in [6.07, 6.45) is 16.2. The van der Waals surface area contributed by atoms with Crippen molar-refractivity contribution in [3.05, 3.63) is 71.1 Å². The molecule has 0 N–H and O–H groups in total. The number of carbonyl (C=O) groups is 2. The van der Waals surface area contributed by atoms with Gasteiger partial charge in [-0.25, -0.2) is 0 Å². The molecule has 6 nitrogen and oxygen atoms in total. The van der Waals surface area contributed by atoms with Crippen LogP contribution in [0, 0.1) is 23.7 Å². The maximum atomic E-state index is 13.4. The number of fused-ring (bicyclic) bond motifs is 2. The highest BCUT2D eigenvalue weighted by molar-refractivity contribution is 6.37. The molecule has 0 aromatic carbocycles. The number of ketones is 2. The Hall–Kier alpha value is -2.96. The minimum Gasteiger partial charge on any atom is -0.299 e. The lowest BCUT2D eigenvalue weighted by Crippen LogP contribution is -2.31. The van der Waals surface area contributed by atoms with Crippen LogP contribution in [0.15, 0.2) is 81.1 Å². The number of Topliss-reactive ketones (excluding diaryl/α,β-unsaturated/α-hetero) is 2. The average Bonchev–Trinajstić information content (AvgIpc) is 2.90. The summed E-state index contributed by atoms with van der Waals surface area (Å²) in [5.74, 6) is 2.23. The zero-order chi connectivity index (χ0) is 30.8. The number of hydrogen-bond donors (Lipinski definition) is 0. The zero-order valence-electron chi connectivity index (χ0n) is 27.2. The molecule has 0 aromatic heterocycles. The number of nitrogens with zero attached hydrogens (tertiary/aromatic N) is 4. The maximum Gasteiger partial charge on any atom is 0.194 e. The van der Waals surface area contributed by atoms with Gasteiger partial charge in [-0.1, -0.05) is 79.7 Å². The van der Waals surface area contributed by atoms with Gasteiger partial charge in [0.2, 0.25) is 0 Å². The highest BCUT2D eigenvalue weighted by Crippen LogP contribution is 2.35. The molecule has 1 saturated carbocycles. The van der Waals surface area contributed by atoms with Gasteiger partial charge in [-0.05, 0) is 35.8 Å². The molecule has 0 unspecified atom stereocenters. The SMILES string of the molecule is CC(C)CN(CC=CN=C1C=C2C(=O)C3=CCC(=NC=CCN(CC(C)C)CC(C)C)C=C3C(=O)C2=CC1)CC(C)C. The van der Waals surface area contributed by atoms with Crippen LogP contribution in [0.4, 0.5) is 0 Å². The van der Waals surface area contributed by atoms with Crippen LogP contribution in [0.5, 0.6) is 0 Å². The Bertz CT molecular complexity index is 1120. The summed E-state index contributed by atoms with van der Waals surface area (Å²) in [4.78, 5) is 41.0. The van der Waals surface area contributed by atoms with Crippen molar-refractivity contribution in [1.29, 1.82) is 0 Å². The molecule has 1 fully saturated rings. The summed E-state index contributed by atoms with van der Waals surface area (Å²) >= 11 is 0. The number of carbonyl (C=O) groups excluding carboxylic acids is 2. The summed E-state index contributed by atoms with van der Waals surface area (Å²) in [5.41, 5.74) is 3.48. The van der Waals surface area contributed by atoms with Crippen molar-refractivity contribution >= 4 is 23.0 Å². The van der Waals surface area contributed by atoms with Crippen molar-refractivity contribution < 1.29 is 9.59 Å². The molecule has 3 aliphatic rings. The Balaban J connectivity index is 1.67. The first-order chi connectivity index (χ1) is 19.9. The molecule has 228 valence electrons. The highest BCUT2D eigenvalue weighted by atomic mass is 16.1. The minimum atomic E-state index is -0.101. The van der Waals surface area contributed by atoms with Gasteiger partial charge in [0.25, 0.3) is 0 Å². The smallest absolute Gasteiger partial charge is 0.194 e. The monoisotopic (exact) mass is 572 g/mol. The first-order valence-electron chi connectivity index (χ1n) is 15.8. The van der Waals surface area contributed by atoms with E-state index in [1.807, 2.05) is 24.6 Å². The van der Waals surface area contributed by atoms with E-state index in [-0.39, 0.29) is 11.6 Å². The Kier molecular flexibility index (Phi) is 12.8. The number of allylic oxidation sites excluding steroid dienone is 8. The molecule has 6 heteroatoms. The van der Waals surface area contributed by atoms with Crippen LogP contribution < -0.4 is 0 Å². The zero-order valence-corrected chi connectivity index (χ0v) is 27.2. The highest BCUT2D eigenvalue weighted by Gasteiger charge is 2.37. The van der Waals surface area contributed by atoms with Crippen LogP contribution in [0.3, 0.4) is 0 Å². The predicted octanol–water partition coefficient (Wildman–Crippen LogP) is 6.79. The first kappa shape index (κ1) is 33.5. The molecule has 3 rings (SSSR count). The van der Waals surface area contributed by atoms with Crippen LogP contribution in [0.2, 0.25) is 0 Å². The van der Waals surface area contributed by atoms with E-state index < -0.39 is 0 Å². The second-order valence-electron chi connectivity index (χ2n) is 13.4. The van der Waals surface area contributed by atoms with Gasteiger partial charge in [0.15, 0.2) is 11.6 Å². The van der Waals surface area contributed by atoms with Gasteiger partial charge >= 0.3 is 0 Å². The van der Waals surface area contributed by atoms with Gasteiger partial charge in [0.05, 0.1) is 0 Å². The summed E-state index contributed by atoms with van der Waals surface area (Å²) in [6.45, 7) is 23.8. The molecule has 0 aliphatic heterocycles. The molecule has 42 heavy (non-hydrogen) atoms. The van der Waals surface area contributed by atoms with Crippen molar-refractivity contribution in [2.75, 3.05) is 39.3 Å². The van der Waals surface area contributed by atoms with Crippen LogP contribution in [-0.4, -0.2) is 72.1 Å². The molecule has 3 aliphatic carbocycles. The van der Waals surface area contributed by atoms with E-state index in [2.05, 4.69) is 87.3 Å². The molecule has 0 saturated heterocycles. The third kappa shape index (κ3) is 10.1. The van der Waals surface area contributed by atoms with Gasteiger partial charge in [-0.15, -0.1) is 0 Å². The normalized spacial score (nSPS) is 19.8. The van der Waals surface area contributed by atoms with Gasteiger partial charge in [0, 0.05) is 98.2 Å². The largest absolute Gasteiger partial charge is 0.299 e. The van der Waals surface area contributed by atoms with Gasteiger partial charge < -0.3 is 0 Å². The van der Waals surface area contributed by atoms with Gasteiger partial charge in [0.1, 0.15) is 0 Å². The van der Waals surface area contributed by atoms with Crippen molar-refractivity contribution in [2.45, 2.75) is 68.2 Å². The lowest BCUT2D eigenvalue weighted by molar-refractivity contribution is -0.117. The topological polar surface area (TPSA) is 65.3 Å². The van der Waals surface area contributed by atoms with Crippen molar-refractivity contribution in [2.24, 2.45) is 33.7 Å². The van der Waals surface area contributed by atoms with Crippen molar-refractivity contribution in [3.8, 4) is 0 Å². The summed E-state index contributed by atoms with van der Waals surface area (Å²) in [7, 11) is 0. The molecule has 0 atom stereocenters. The van der Waals surface area contributed by atoms with E-state index in [4.69, 9.17) is 0 Å². The van der Waals surface area contributed by atoms with E-state index in [1.165, 1.54) is 0 Å². The fourth-order valence-electron chi connectivity index (χ4n) is 5.72. The molecular weight excluding hydrogens is 520 g/mol. The van der Waals surface area contributed by atoms with Crippen molar-refractivity contribution in [3.63, 3.8) is 0 Å². The number of hydrogen-bond acceptors (Lipinski definition) is 6. The predicted molar refractivity (Wildman–Crippen MR) is 177 cm³/mol. The van der Waals surface area contributed by atoms with E-state index >= 15 is 0 Å². The fourth-order valence-corrected chi connectivity index (χ4v) is 5.72. The number of rotatable bonds is 14. The van der Waals surface area contributed by atoms with Crippen LogP contribution in [-0.2, 0) is 9.59 Å². The van der Waals surface area contributed by atoms with E-state index in [1.54, 1.807) is 12.2 Å². The quantitative estimate of drug-likeness (QED) is 0.230. The third-order valence-corrected chi connectivity index (χ3v) is 7.12. The van der Waals surface area contributed by atoms with E-state index in [0.717, 1.165) is 50.7 Å². The standard InChI is InChI=1S/C36H52N4O2/c1-25(2)21-39(22-26(3)4)17-9-15-37-29-11-13-31-33(19-29)35(41)32-14-12-30(20-34(32)36(31)42)38-16-10-18-40(23-27(5)6)24-28(7)8/h9-10,13-16,19-20,25-28H,11-12,17-18,21-24H2,1-8H3. The lowest BCUT2D eigenvalue weighted by atomic mass is 9.75. The second kappa shape index (κ2) is 16.0. The maximum absolute atomic E-state index is 13.4. The van der Waals surface area contributed by atoms with Crippen LogP contribution in [0.1, 0.15) is 68.2 Å². The lowest BCUT2D eigenvalue weighted by Gasteiger charge is -2.26. The fraction of sp³-hybridized carbons (Fsp3) is 0.556. The summed E-state index contributed by atoms with van der Waals surface area (Å²) in [5, 5.41) is 0. The van der Waals surface area contributed by atoms with E-state index in [9.17, 15) is 9.59 Å². The Morgan fingerprint density at radius 1 is 0.595 bits per heavy atom. The number of aliphatic imine (C=N–C) groups is 2. The molecular formula is C36H52N4O2. The second-order valence-corrected chi connectivity index (χ2v) is 13.4. The summed E-state index contributed by atoms with van der Waals surface area (Å²) < 4.78 is 0. The Labute approximate surface area is 254 Å². The van der Waals surface area contributed by atoms with Crippen LogP contribution in [0.25, 0.3) is 0 Å². The minimum absolute atomic E-state index is 0.101. The van der Waals surface area contributed by atoms with Crippen LogP contribution >= 0.6 is 0 Å². The summed E-state index contributed by atoms with van der Waals surface area (Å²) in [6, 6.07) is 0. The Morgan fingerprint density at radius 2 is 0.929 bits per heavy atom. The van der Waals surface area contributed by atoms with Crippen molar-refractivity contribution in [1.82, 2.24) is 9.80 Å². The average molecular weight is 573 g/mol.